The molecule has 0 spiro atoms. The van der Waals surface area contributed by atoms with Gasteiger partial charge in [0.15, 0.2) is 0 Å². The normalized spacial score (nSPS) is 30.4. The number of hydrazine groups is 1. The van der Waals surface area contributed by atoms with Crippen LogP contribution in [-0.2, 0) is 9.59 Å². The SMILES string of the molecule is C[C@@H]1CCCN2C(=O)CN(C3CCCCC3)CC(=O)N12. The van der Waals surface area contributed by atoms with Crippen LogP contribution < -0.4 is 0 Å². The first-order valence-corrected chi connectivity index (χ1v) is 8.03. The maximum Gasteiger partial charge on any atom is 0.255 e. The fraction of sp³-hybridized carbons (Fsp3) is 0.867. The number of carbonyl (C=O) groups is 2. The Labute approximate surface area is 120 Å². The Morgan fingerprint density at radius 3 is 2.35 bits per heavy atom. The molecule has 2 heterocycles. The second kappa shape index (κ2) is 5.72. The van der Waals surface area contributed by atoms with Crippen LogP contribution in [0, 0.1) is 0 Å². The van der Waals surface area contributed by atoms with E-state index in [0.717, 1.165) is 25.7 Å². The number of fused-ring (bicyclic) bond motifs is 1. The summed E-state index contributed by atoms with van der Waals surface area (Å²) in [5, 5.41) is 3.44. The standard InChI is InChI=1S/C15H25N3O2/c1-12-6-5-9-17-14(19)10-16(11-15(20)18(12)17)13-7-3-2-4-8-13/h12-13H,2-11H2,1H3/t12-/m1/s1. The molecule has 2 aliphatic heterocycles. The zero-order valence-corrected chi connectivity index (χ0v) is 12.4. The highest BCUT2D eigenvalue weighted by Gasteiger charge is 2.39. The van der Waals surface area contributed by atoms with Gasteiger partial charge >= 0.3 is 0 Å². The predicted octanol–water partition coefficient (Wildman–Crippen LogP) is 1.39. The highest BCUT2D eigenvalue weighted by Crippen LogP contribution is 2.26. The van der Waals surface area contributed by atoms with Crippen molar-refractivity contribution in [2.45, 2.75) is 64.0 Å². The lowest BCUT2D eigenvalue weighted by Crippen LogP contribution is -2.56. The van der Waals surface area contributed by atoms with E-state index in [-0.39, 0.29) is 17.9 Å². The first-order chi connectivity index (χ1) is 9.66. The van der Waals surface area contributed by atoms with Crippen molar-refractivity contribution in [3.05, 3.63) is 0 Å². The minimum atomic E-state index is 0.105. The molecule has 20 heavy (non-hydrogen) atoms. The van der Waals surface area contributed by atoms with E-state index in [1.807, 2.05) is 6.92 Å². The average molecular weight is 279 g/mol. The molecule has 2 amide bonds. The van der Waals surface area contributed by atoms with E-state index in [1.54, 1.807) is 10.0 Å². The lowest BCUT2D eigenvalue weighted by atomic mass is 9.94. The molecule has 1 aliphatic carbocycles. The van der Waals surface area contributed by atoms with E-state index < -0.39 is 0 Å². The molecule has 1 saturated carbocycles. The van der Waals surface area contributed by atoms with Gasteiger partial charge in [0.05, 0.1) is 19.1 Å². The fourth-order valence-corrected chi connectivity index (χ4v) is 3.89. The predicted molar refractivity (Wildman–Crippen MR) is 75.7 cm³/mol. The number of amides is 2. The summed E-state index contributed by atoms with van der Waals surface area (Å²) in [6.45, 7) is 3.58. The van der Waals surface area contributed by atoms with E-state index in [9.17, 15) is 9.59 Å². The van der Waals surface area contributed by atoms with Crippen molar-refractivity contribution in [2.24, 2.45) is 0 Å². The molecule has 3 rings (SSSR count). The van der Waals surface area contributed by atoms with Gasteiger partial charge in [0.2, 0.25) is 0 Å². The number of nitrogens with zero attached hydrogens (tertiary/aromatic N) is 3. The summed E-state index contributed by atoms with van der Waals surface area (Å²) in [7, 11) is 0. The Morgan fingerprint density at radius 1 is 0.900 bits per heavy atom. The molecule has 5 heteroatoms. The van der Waals surface area contributed by atoms with Gasteiger partial charge in [-0.1, -0.05) is 19.3 Å². The molecule has 2 saturated heterocycles. The van der Waals surface area contributed by atoms with E-state index in [0.29, 0.717) is 25.7 Å². The largest absolute Gasteiger partial charge is 0.282 e. The summed E-state index contributed by atoms with van der Waals surface area (Å²) >= 11 is 0. The quantitative estimate of drug-likeness (QED) is 0.728. The maximum atomic E-state index is 12.5. The third-order valence-electron chi connectivity index (χ3n) is 4.98. The molecule has 3 aliphatic rings. The Morgan fingerprint density at radius 2 is 1.60 bits per heavy atom. The molecule has 0 radical (unpaired) electrons. The topological polar surface area (TPSA) is 43.9 Å². The summed E-state index contributed by atoms with van der Waals surface area (Å²) in [6, 6.07) is 0.584. The Bertz CT molecular complexity index is 393. The van der Waals surface area contributed by atoms with E-state index >= 15 is 0 Å². The van der Waals surface area contributed by atoms with Gasteiger partial charge in [-0.3, -0.25) is 19.5 Å². The molecule has 3 fully saturated rings. The number of rotatable bonds is 1. The van der Waals surface area contributed by atoms with Gasteiger partial charge in [-0.15, -0.1) is 0 Å². The van der Waals surface area contributed by atoms with E-state index in [2.05, 4.69) is 4.90 Å². The van der Waals surface area contributed by atoms with Crippen LogP contribution in [0.5, 0.6) is 0 Å². The minimum absolute atomic E-state index is 0.105. The van der Waals surface area contributed by atoms with Gasteiger partial charge in [-0.2, -0.15) is 0 Å². The van der Waals surface area contributed by atoms with Crippen LogP contribution >= 0.6 is 0 Å². The maximum absolute atomic E-state index is 12.5. The van der Waals surface area contributed by atoms with Crippen molar-refractivity contribution in [1.82, 2.24) is 14.9 Å². The van der Waals surface area contributed by atoms with Gasteiger partial charge < -0.3 is 0 Å². The molecule has 1 atom stereocenters. The zero-order valence-electron chi connectivity index (χ0n) is 12.4. The molecular weight excluding hydrogens is 254 g/mol. The molecule has 0 bridgehead atoms. The van der Waals surface area contributed by atoms with Gasteiger partial charge in [-0.25, -0.2) is 5.01 Å². The molecule has 0 aromatic rings. The highest BCUT2D eigenvalue weighted by molar-refractivity contribution is 5.87. The highest BCUT2D eigenvalue weighted by atomic mass is 16.2. The number of hydrogen-bond acceptors (Lipinski definition) is 3. The van der Waals surface area contributed by atoms with Crippen LogP contribution in [0.25, 0.3) is 0 Å². The summed E-state index contributed by atoms with van der Waals surface area (Å²) in [5.41, 5.74) is 0. The molecule has 0 unspecified atom stereocenters. The van der Waals surface area contributed by atoms with Gasteiger partial charge in [0.1, 0.15) is 0 Å². The Kier molecular flexibility index (Phi) is 3.96. The lowest BCUT2D eigenvalue weighted by molar-refractivity contribution is -0.169. The second-order valence-electron chi connectivity index (χ2n) is 6.44. The Hall–Kier alpha value is -1.10. The first-order valence-electron chi connectivity index (χ1n) is 8.03. The molecule has 0 aromatic carbocycles. The second-order valence-corrected chi connectivity index (χ2v) is 6.44. The number of carbonyl (C=O) groups excluding carboxylic acids is 2. The van der Waals surface area contributed by atoms with Crippen LogP contribution in [0.4, 0.5) is 0 Å². The van der Waals surface area contributed by atoms with E-state index in [4.69, 9.17) is 0 Å². The molecule has 112 valence electrons. The summed E-state index contributed by atoms with van der Waals surface area (Å²) in [5.74, 6) is 0.210. The molecule has 5 nitrogen and oxygen atoms in total. The summed E-state index contributed by atoms with van der Waals surface area (Å²) < 4.78 is 0. The smallest absolute Gasteiger partial charge is 0.255 e. The summed E-state index contributed by atoms with van der Waals surface area (Å²) in [6.07, 6.45) is 8.02. The van der Waals surface area contributed by atoms with Gasteiger partial charge in [0, 0.05) is 12.6 Å². The fourth-order valence-electron chi connectivity index (χ4n) is 3.89. The van der Waals surface area contributed by atoms with Crippen molar-refractivity contribution in [1.29, 1.82) is 0 Å². The van der Waals surface area contributed by atoms with Crippen molar-refractivity contribution in [3.63, 3.8) is 0 Å². The molecule has 0 N–H and O–H groups in total. The van der Waals surface area contributed by atoms with Crippen molar-refractivity contribution < 1.29 is 9.59 Å². The monoisotopic (exact) mass is 279 g/mol. The van der Waals surface area contributed by atoms with Crippen LogP contribution in [0.3, 0.4) is 0 Å². The van der Waals surface area contributed by atoms with Gasteiger partial charge in [0.25, 0.3) is 11.8 Å². The lowest BCUT2D eigenvalue weighted by Gasteiger charge is -2.41. The average Bonchev–Trinajstić information content (AvgIpc) is 2.59. The van der Waals surface area contributed by atoms with Crippen molar-refractivity contribution >= 4 is 11.8 Å². The van der Waals surface area contributed by atoms with Crippen molar-refractivity contribution in [3.8, 4) is 0 Å². The van der Waals surface area contributed by atoms with Crippen LogP contribution in [0.15, 0.2) is 0 Å². The Balaban J connectivity index is 1.77. The van der Waals surface area contributed by atoms with Crippen molar-refractivity contribution in [2.75, 3.05) is 19.6 Å². The first kappa shape index (κ1) is 13.9. The minimum Gasteiger partial charge on any atom is -0.282 e. The van der Waals surface area contributed by atoms with Gasteiger partial charge in [-0.05, 0) is 32.6 Å². The molecular formula is C15H25N3O2. The van der Waals surface area contributed by atoms with Crippen LogP contribution in [-0.4, -0.2) is 58.5 Å². The van der Waals surface area contributed by atoms with Crippen LogP contribution in [0.2, 0.25) is 0 Å². The third kappa shape index (κ3) is 2.55. The number of hydrogen-bond donors (Lipinski definition) is 0. The summed E-state index contributed by atoms with van der Waals surface area (Å²) in [4.78, 5) is 27.2. The third-order valence-corrected chi connectivity index (χ3v) is 4.98. The van der Waals surface area contributed by atoms with Crippen LogP contribution in [0.1, 0.15) is 51.9 Å². The van der Waals surface area contributed by atoms with E-state index in [1.165, 1.54) is 19.3 Å². The molecule has 0 aromatic heterocycles. The zero-order chi connectivity index (χ0) is 14.1.